The average Bonchev–Trinajstić information content (AvgIpc) is 3.14. The number of ether oxygens (including phenoxy) is 2. The van der Waals surface area contributed by atoms with Crippen molar-refractivity contribution in [1.82, 2.24) is 5.32 Å². The summed E-state index contributed by atoms with van der Waals surface area (Å²) in [6.45, 7) is 0.352. The lowest BCUT2D eigenvalue weighted by atomic mass is 9.97. The Morgan fingerprint density at radius 3 is 2.16 bits per heavy atom. The van der Waals surface area contributed by atoms with Gasteiger partial charge in [-0.3, -0.25) is 9.59 Å². The van der Waals surface area contributed by atoms with Gasteiger partial charge in [-0.2, -0.15) is 0 Å². The fourth-order valence-electron chi connectivity index (χ4n) is 5.95. The Morgan fingerprint density at radius 2 is 1.44 bits per heavy atom. The number of amides is 1. The highest BCUT2D eigenvalue weighted by molar-refractivity contribution is 7.99. The van der Waals surface area contributed by atoms with Crippen LogP contribution in [-0.4, -0.2) is 45.0 Å². The Morgan fingerprint density at radius 1 is 0.760 bits per heavy atom. The molecule has 0 aliphatic carbocycles. The third kappa shape index (κ3) is 10.5. The zero-order valence-corrected chi connectivity index (χ0v) is 28.6. The lowest BCUT2D eigenvalue weighted by Crippen LogP contribution is -2.31. The first-order valence-electron chi connectivity index (χ1n) is 16.9. The SMILES string of the molecule is O=C(O)CCCCCCC(=O)NCc1ccccc1-c1ccc([C@@H]2O[C@H](CSc3ccccc3C(=O)O)C[C@H](c3ccc(CO)cc3)O2)cc1. The lowest BCUT2D eigenvalue weighted by molar-refractivity contribution is -0.245. The summed E-state index contributed by atoms with van der Waals surface area (Å²) < 4.78 is 13.0. The van der Waals surface area contributed by atoms with Gasteiger partial charge in [0.05, 0.1) is 24.4 Å². The summed E-state index contributed by atoms with van der Waals surface area (Å²) in [5, 5.41) is 31.0. The molecular weight excluding hydrogens is 655 g/mol. The average molecular weight is 698 g/mol. The molecule has 5 rings (SSSR count). The van der Waals surface area contributed by atoms with Gasteiger partial charge in [-0.15, -0.1) is 11.8 Å². The van der Waals surface area contributed by atoms with E-state index < -0.39 is 18.2 Å². The molecule has 4 aromatic carbocycles. The van der Waals surface area contributed by atoms with Crippen molar-refractivity contribution in [2.75, 3.05) is 5.75 Å². The summed E-state index contributed by atoms with van der Waals surface area (Å²) in [6.07, 6.45) is 2.99. The number of thioether (sulfide) groups is 1. The second-order valence-electron chi connectivity index (χ2n) is 12.3. The van der Waals surface area contributed by atoms with E-state index in [1.807, 2.05) is 84.9 Å². The minimum atomic E-state index is -0.966. The molecule has 1 amide bonds. The van der Waals surface area contributed by atoms with E-state index in [-0.39, 0.29) is 36.7 Å². The van der Waals surface area contributed by atoms with Crippen LogP contribution < -0.4 is 5.32 Å². The molecule has 0 spiro atoms. The van der Waals surface area contributed by atoms with Gasteiger partial charge in [0.1, 0.15) is 0 Å². The fraction of sp³-hybridized carbons (Fsp3) is 0.325. The number of aliphatic carboxylic acids is 1. The van der Waals surface area contributed by atoms with Crippen molar-refractivity contribution in [2.45, 2.75) is 81.5 Å². The summed E-state index contributed by atoms with van der Waals surface area (Å²) in [6, 6.07) is 30.6. The number of aromatic carboxylic acids is 1. The van der Waals surface area contributed by atoms with Crippen LogP contribution in [0.5, 0.6) is 0 Å². The van der Waals surface area contributed by atoms with E-state index in [9.17, 15) is 24.6 Å². The van der Waals surface area contributed by atoms with Crippen LogP contribution in [0.15, 0.2) is 102 Å². The van der Waals surface area contributed by atoms with Crippen LogP contribution >= 0.6 is 11.8 Å². The number of carbonyl (C=O) groups is 3. The Balaban J connectivity index is 1.25. The Labute approximate surface area is 296 Å². The van der Waals surface area contributed by atoms with Gasteiger partial charge < -0.3 is 30.1 Å². The van der Waals surface area contributed by atoms with Crippen LogP contribution in [0.1, 0.15) is 90.0 Å². The smallest absolute Gasteiger partial charge is 0.336 e. The molecule has 0 unspecified atom stereocenters. The monoisotopic (exact) mass is 697 g/mol. The van der Waals surface area contributed by atoms with Crippen molar-refractivity contribution in [3.63, 3.8) is 0 Å². The molecule has 262 valence electrons. The standard InChI is InChI=1S/C40H43NO8S/c42-25-27-15-17-29(18-16-27)35-23-32(26-50-36-12-8-7-11-34(36)39(46)47)48-40(49-35)30-21-19-28(20-22-30)33-10-6-5-9-31(33)24-41-37(43)13-3-1-2-4-14-38(44)45/h5-12,15-22,32,35,40,42H,1-4,13-14,23-26H2,(H,41,43)(H,44,45)(H,46,47)/t32-,35+,40+/m0/s1. The maximum absolute atomic E-state index is 12.5. The van der Waals surface area contributed by atoms with Crippen molar-refractivity contribution < 1.29 is 39.2 Å². The molecule has 0 radical (unpaired) electrons. The van der Waals surface area contributed by atoms with Crippen molar-refractivity contribution in [1.29, 1.82) is 0 Å². The van der Waals surface area contributed by atoms with Gasteiger partial charge in [0.2, 0.25) is 5.91 Å². The fourth-order valence-corrected chi connectivity index (χ4v) is 7.01. The predicted molar refractivity (Wildman–Crippen MR) is 192 cm³/mol. The van der Waals surface area contributed by atoms with Crippen LogP contribution in [0, 0.1) is 0 Å². The number of rotatable bonds is 17. The topological polar surface area (TPSA) is 142 Å². The third-order valence-electron chi connectivity index (χ3n) is 8.69. The molecule has 3 atom stereocenters. The first-order valence-corrected chi connectivity index (χ1v) is 17.9. The number of carbonyl (C=O) groups excluding carboxylic acids is 1. The van der Waals surface area contributed by atoms with Crippen LogP contribution in [0.4, 0.5) is 0 Å². The van der Waals surface area contributed by atoms with Crippen molar-refractivity contribution in [2.24, 2.45) is 0 Å². The molecule has 1 aliphatic heterocycles. The van der Waals surface area contributed by atoms with E-state index >= 15 is 0 Å². The number of carboxylic acid groups (broad SMARTS) is 2. The van der Waals surface area contributed by atoms with Crippen LogP contribution in [0.3, 0.4) is 0 Å². The zero-order valence-electron chi connectivity index (χ0n) is 27.8. The summed E-state index contributed by atoms with van der Waals surface area (Å²) in [5.41, 5.74) is 5.88. The molecule has 10 heteroatoms. The first kappa shape index (κ1) is 36.8. The van der Waals surface area contributed by atoms with Crippen molar-refractivity contribution >= 4 is 29.6 Å². The van der Waals surface area contributed by atoms with E-state index in [0.29, 0.717) is 36.5 Å². The number of unbranched alkanes of at least 4 members (excludes halogenated alkanes) is 3. The molecule has 1 fully saturated rings. The van der Waals surface area contributed by atoms with Gasteiger partial charge in [-0.05, 0) is 52.8 Å². The molecule has 0 saturated carbocycles. The van der Waals surface area contributed by atoms with Crippen molar-refractivity contribution in [3.8, 4) is 11.1 Å². The van der Waals surface area contributed by atoms with Gasteiger partial charge in [-0.1, -0.05) is 97.8 Å². The Hall–Kier alpha value is -4.48. The number of aliphatic hydroxyl groups excluding tert-OH is 1. The van der Waals surface area contributed by atoms with Crippen LogP contribution in [0.2, 0.25) is 0 Å². The molecular formula is C40H43NO8S. The molecule has 1 aliphatic rings. The van der Waals surface area contributed by atoms with Crippen molar-refractivity contribution in [3.05, 3.63) is 125 Å². The molecule has 1 heterocycles. The molecule has 0 bridgehead atoms. The van der Waals surface area contributed by atoms with Crippen LogP contribution in [0.25, 0.3) is 11.1 Å². The summed E-state index contributed by atoms with van der Waals surface area (Å²) in [4.78, 5) is 35.6. The normalized spacial score (nSPS) is 17.3. The molecule has 0 aromatic heterocycles. The number of carboxylic acids is 2. The first-order chi connectivity index (χ1) is 24.3. The number of nitrogens with one attached hydrogen (secondary N) is 1. The van der Waals surface area contributed by atoms with Gasteiger partial charge in [0.25, 0.3) is 0 Å². The van der Waals surface area contributed by atoms with Gasteiger partial charge >= 0.3 is 11.9 Å². The molecule has 9 nitrogen and oxygen atoms in total. The Kier molecular flexibility index (Phi) is 13.6. The summed E-state index contributed by atoms with van der Waals surface area (Å²) >= 11 is 1.45. The minimum absolute atomic E-state index is 0.0281. The molecule has 1 saturated heterocycles. The van der Waals surface area contributed by atoms with E-state index in [1.54, 1.807) is 12.1 Å². The molecule has 50 heavy (non-hydrogen) atoms. The maximum Gasteiger partial charge on any atom is 0.336 e. The van der Waals surface area contributed by atoms with Gasteiger partial charge in [-0.25, -0.2) is 4.79 Å². The van der Waals surface area contributed by atoms with Gasteiger partial charge in [0, 0.05) is 42.0 Å². The van der Waals surface area contributed by atoms with Gasteiger partial charge in [0.15, 0.2) is 6.29 Å². The molecule has 4 N–H and O–H groups in total. The highest BCUT2D eigenvalue weighted by Crippen LogP contribution is 2.40. The van der Waals surface area contributed by atoms with E-state index in [4.69, 9.17) is 14.6 Å². The number of benzene rings is 4. The predicted octanol–water partition coefficient (Wildman–Crippen LogP) is 7.92. The summed E-state index contributed by atoms with van der Waals surface area (Å²) in [5.74, 6) is -1.24. The number of hydrogen-bond donors (Lipinski definition) is 4. The maximum atomic E-state index is 12.5. The quantitative estimate of drug-likeness (QED) is 0.0639. The van der Waals surface area contributed by atoms with E-state index in [0.717, 1.165) is 52.6 Å². The second-order valence-corrected chi connectivity index (χ2v) is 13.4. The second kappa shape index (κ2) is 18.5. The minimum Gasteiger partial charge on any atom is -0.481 e. The molecule has 4 aromatic rings. The summed E-state index contributed by atoms with van der Waals surface area (Å²) in [7, 11) is 0. The highest BCUT2D eigenvalue weighted by Gasteiger charge is 2.32. The third-order valence-corrected chi connectivity index (χ3v) is 9.89. The number of aliphatic hydroxyl groups is 1. The lowest BCUT2D eigenvalue weighted by Gasteiger charge is -2.36. The van der Waals surface area contributed by atoms with Crippen LogP contribution in [-0.2, 0) is 32.2 Å². The zero-order chi connectivity index (χ0) is 35.3. The van der Waals surface area contributed by atoms with E-state index in [2.05, 4.69) is 5.32 Å². The van der Waals surface area contributed by atoms with E-state index in [1.165, 1.54) is 11.8 Å². The largest absolute Gasteiger partial charge is 0.481 e. The number of hydrogen-bond acceptors (Lipinski definition) is 7. The Bertz CT molecular complexity index is 1730. The highest BCUT2D eigenvalue weighted by atomic mass is 32.2.